The molecule has 2 aromatic carbocycles. The third kappa shape index (κ3) is 4.97. The lowest BCUT2D eigenvalue weighted by Gasteiger charge is -2.31. The molecule has 4 rings (SSSR count). The Morgan fingerprint density at radius 3 is 2.83 bits per heavy atom. The first-order valence-corrected chi connectivity index (χ1v) is 11.6. The van der Waals surface area contributed by atoms with Gasteiger partial charge in [0.15, 0.2) is 4.34 Å². The van der Waals surface area contributed by atoms with Gasteiger partial charge in [-0.1, -0.05) is 71.6 Å². The number of rotatable bonds is 7. The molecule has 29 heavy (non-hydrogen) atoms. The summed E-state index contributed by atoms with van der Waals surface area (Å²) in [6.45, 7) is 3.54. The van der Waals surface area contributed by atoms with Crippen LogP contribution in [0.5, 0.6) is 0 Å². The van der Waals surface area contributed by atoms with Crippen LogP contribution in [0, 0.1) is 0 Å². The van der Waals surface area contributed by atoms with Crippen molar-refractivity contribution < 1.29 is 4.79 Å². The molecule has 1 atom stereocenters. The summed E-state index contributed by atoms with van der Waals surface area (Å²) in [5, 5.41) is 12.4. The van der Waals surface area contributed by atoms with E-state index in [1.807, 2.05) is 48.2 Å². The number of hydrogen-bond donors (Lipinski definition) is 1. The van der Waals surface area contributed by atoms with Crippen LogP contribution in [0.15, 0.2) is 58.9 Å². The zero-order valence-corrected chi connectivity index (χ0v) is 18.0. The van der Waals surface area contributed by atoms with Crippen LogP contribution in [0.1, 0.15) is 24.5 Å². The molecular weight excluding hydrogens is 400 g/mol. The molecule has 1 amide bonds. The average molecular weight is 425 g/mol. The predicted molar refractivity (Wildman–Crippen MR) is 121 cm³/mol. The fraction of sp³-hybridized carbons (Fsp3) is 0.318. The van der Waals surface area contributed by atoms with Crippen LogP contribution >= 0.6 is 23.1 Å². The minimum absolute atomic E-state index is 0.135. The van der Waals surface area contributed by atoms with Crippen molar-refractivity contribution in [1.82, 2.24) is 10.2 Å². The lowest BCUT2D eigenvalue weighted by Crippen LogP contribution is -2.40. The van der Waals surface area contributed by atoms with Crippen LogP contribution in [-0.4, -0.2) is 34.4 Å². The van der Waals surface area contributed by atoms with Gasteiger partial charge in [-0.25, -0.2) is 0 Å². The molecule has 1 aliphatic heterocycles. The molecule has 5 nitrogen and oxygen atoms in total. The second-order valence-corrected chi connectivity index (χ2v) is 9.58. The molecule has 0 saturated carbocycles. The second-order valence-electron chi connectivity index (χ2n) is 7.02. The monoisotopic (exact) mass is 424 g/mol. The molecule has 0 aliphatic carbocycles. The summed E-state index contributed by atoms with van der Waals surface area (Å²) in [6, 6.07) is 18.6. The van der Waals surface area contributed by atoms with Crippen LogP contribution < -0.4 is 10.2 Å². The zero-order valence-electron chi connectivity index (χ0n) is 16.4. The highest BCUT2D eigenvalue weighted by atomic mass is 32.2. The Labute approximate surface area is 179 Å². The summed E-state index contributed by atoms with van der Waals surface area (Å²) in [7, 11) is 0. The third-order valence-electron chi connectivity index (χ3n) is 4.94. The quantitative estimate of drug-likeness (QED) is 0.560. The topological polar surface area (TPSA) is 58.1 Å². The molecule has 1 aromatic heterocycles. The second kappa shape index (κ2) is 9.41. The van der Waals surface area contributed by atoms with E-state index in [9.17, 15) is 4.79 Å². The van der Waals surface area contributed by atoms with Crippen LogP contribution in [-0.2, 0) is 17.6 Å². The molecule has 7 heteroatoms. The summed E-state index contributed by atoms with van der Waals surface area (Å²) < 4.78 is 0.818. The molecule has 0 spiro atoms. The predicted octanol–water partition coefficient (Wildman–Crippen LogP) is 4.65. The van der Waals surface area contributed by atoms with Crippen LogP contribution in [0.2, 0.25) is 0 Å². The maximum Gasteiger partial charge on any atom is 0.240 e. The molecule has 0 saturated heterocycles. The van der Waals surface area contributed by atoms with E-state index in [-0.39, 0.29) is 11.2 Å². The van der Waals surface area contributed by atoms with E-state index >= 15 is 0 Å². The number of nitrogens with one attached hydrogen (secondary N) is 1. The Morgan fingerprint density at radius 1 is 1.17 bits per heavy atom. The average Bonchev–Trinajstić information content (AvgIpc) is 3.20. The SMILES string of the molecule is C[C@H](Sc1nnc(NCCc2ccccc2)s1)C(=O)N1CCCc2ccccc21. The first kappa shape index (κ1) is 19.9. The van der Waals surface area contributed by atoms with E-state index in [0.717, 1.165) is 47.5 Å². The van der Waals surface area contributed by atoms with Gasteiger partial charge in [-0.2, -0.15) is 0 Å². The van der Waals surface area contributed by atoms with Crippen molar-refractivity contribution in [2.45, 2.75) is 35.8 Å². The van der Waals surface area contributed by atoms with Gasteiger partial charge >= 0.3 is 0 Å². The van der Waals surface area contributed by atoms with Crippen molar-refractivity contribution in [3.8, 4) is 0 Å². The Hall–Kier alpha value is -2.38. The van der Waals surface area contributed by atoms with Gasteiger partial charge in [-0.3, -0.25) is 4.79 Å². The number of carbonyl (C=O) groups is 1. The van der Waals surface area contributed by atoms with Crippen LogP contribution in [0.25, 0.3) is 0 Å². The summed E-state index contributed by atoms with van der Waals surface area (Å²) >= 11 is 2.99. The number of anilines is 2. The van der Waals surface area contributed by atoms with Crippen LogP contribution in [0.3, 0.4) is 0 Å². The Morgan fingerprint density at radius 2 is 1.97 bits per heavy atom. The maximum absolute atomic E-state index is 13.0. The summed E-state index contributed by atoms with van der Waals surface area (Å²) in [4.78, 5) is 15.0. The largest absolute Gasteiger partial charge is 0.360 e. The normalized spacial score (nSPS) is 14.3. The fourth-order valence-corrected chi connectivity index (χ4v) is 5.45. The van der Waals surface area contributed by atoms with E-state index in [1.54, 1.807) is 0 Å². The van der Waals surface area contributed by atoms with Crippen molar-refractivity contribution in [3.05, 3.63) is 65.7 Å². The molecule has 3 aromatic rings. The molecule has 0 fully saturated rings. The number of carbonyl (C=O) groups excluding carboxylic acids is 1. The van der Waals surface area contributed by atoms with Gasteiger partial charge in [0.2, 0.25) is 11.0 Å². The Balaban J connectivity index is 1.32. The highest BCUT2D eigenvalue weighted by Crippen LogP contribution is 2.33. The summed E-state index contributed by atoms with van der Waals surface area (Å²) in [6.07, 6.45) is 2.98. The number of aromatic nitrogens is 2. The zero-order chi connectivity index (χ0) is 20.1. The number of hydrogen-bond acceptors (Lipinski definition) is 6. The standard InChI is InChI=1S/C22H24N4OS2/c1-16(20(27)26-15-7-11-18-10-5-6-12-19(18)26)28-22-25-24-21(29-22)23-14-13-17-8-3-2-4-9-17/h2-6,8-10,12,16H,7,11,13-15H2,1H3,(H,23,24)/t16-/m0/s1. The number of benzene rings is 2. The van der Waals surface area contributed by atoms with Gasteiger partial charge in [0.25, 0.3) is 0 Å². The van der Waals surface area contributed by atoms with E-state index in [1.165, 1.54) is 34.2 Å². The molecule has 0 radical (unpaired) electrons. The third-order valence-corrected chi connectivity index (χ3v) is 6.99. The first-order chi connectivity index (χ1) is 14.2. The smallest absolute Gasteiger partial charge is 0.240 e. The Bertz CT molecular complexity index is 960. The van der Waals surface area contributed by atoms with Crippen molar-refractivity contribution >= 4 is 39.8 Å². The molecule has 1 N–H and O–H groups in total. The van der Waals surface area contributed by atoms with E-state index in [4.69, 9.17) is 0 Å². The van der Waals surface area contributed by atoms with Gasteiger partial charge in [0, 0.05) is 18.8 Å². The number of aryl methyl sites for hydroxylation is 1. The van der Waals surface area contributed by atoms with E-state index < -0.39 is 0 Å². The van der Waals surface area contributed by atoms with Crippen molar-refractivity contribution in [2.75, 3.05) is 23.3 Å². The van der Waals surface area contributed by atoms with Crippen molar-refractivity contribution in [1.29, 1.82) is 0 Å². The highest BCUT2D eigenvalue weighted by molar-refractivity contribution is 8.02. The number of para-hydroxylation sites is 1. The number of thioether (sulfide) groups is 1. The first-order valence-electron chi connectivity index (χ1n) is 9.88. The molecular formula is C22H24N4OS2. The number of fused-ring (bicyclic) bond motifs is 1. The van der Waals surface area contributed by atoms with E-state index in [0.29, 0.717) is 0 Å². The number of amides is 1. The lowest BCUT2D eigenvalue weighted by molar-refractivity contribution is -0.117. The van der Waals surface area contributed by atoms with Gasteiger partial charge in [-0.15, -0.1) is 10.2 Å². The van der Waals surface area contributed by atoms with Crippen molar-refractivity contribution in [2.24, 2.45) is 0 Å². The molecule has 150 valence electrons. The van der Waals surface area contributed by atoms with Gasteiger partial charge in [0.1, 0.15) is 0 Å². The molecule has 1 aliphatic rings. The molecule has 0 unspecified atom stereocenters. The number of nitrogens with zero attached hydrogens (tertiary/aromatic N) is 3. The summed E-state index contributed by atoms with van der Waals surface area (Å²) in [5.74, 6) is 0.135. The molecule has 2 heterocycles. The fourth-order valence-electron chi connectivity index (χ4n) is 3.47. The minimum Gasteiger partial charge on any atom is -0.360 e. The maximum atomic E-state index is 13.0. The van der Waals surface area contributed by atoms with Gasteiger partial charge in [0.05, 0.1) is 5.25 Å². The summed E-state index contributed by atoms with van der Waals surface area (Å²) in [5.41, 5.74) is 3.60. The molecule has 0 bridgehead atoms. The van der Waals surface area contributed by atoms with Crippen LogP contribution in [0.4, 0.5) is 10.8 Å². The van der Waals surface area contributed by atoms with Crippen molar-refractivity contribution in [3.63, 3.8) is 0 Å². The lowest BCUT2D eigenvalue weighted by atomic mass is 10.0. The van der Waals surface area contributed by atoms with E-state index in [2.05, 4.69) is 33.7 Å². The minimum atomic E-state index is -0.203. The van der Waals surface area contributed by atoms with Gasteiger partial charge in [-0.05, 0) is 43.4 Å². The van der Waals surface area contributed by atoms with Gasteiger partial charge < -0.3 is 10.2 Å². The Kier molecular flexibility index (Phi) is 6.46. The highest BCUT2D eigenvalue weighted by Gasteiger charge is 2.27.